The third kappa shape index (κ3) is 6.32. The van der Waals surface area contributed by atoms with Gasteiger partial charge < -0.3 is 19.7 Å². The summed E-state index contributed by atoms with van der Waals surface area (Å²) in [6.07, 6.45) is 2.38. The van der Waals surface area contributed by atoms with Crippen molar-refractivity contribution in [2.24, 2.45) is 10.4 Å². The molecule has 0 radical (unpaired) electrons. The summed E-state index contributed by atoms with van der Waals surface area (Å²) in [5.41, 5.74) is 2.69. The summed E-state index contributed by atoms with van der Waals surface area (Å²) < 4.78 is 11.5. The van der Waals surface area contributed by atoms with Crippen molar-refractivity contribution in [3.05, 3.63) is 35.4 Å². The number of guanidine groups is 1. The number of hydrogen-bond acceptors (Lipinski definition) is 3. The Morgan fingerprint density at radius 3 is 2.74 bits per heavy atom. The molecule has 3 rings (SSSR count). The van der Waals surface area contributed by atoms with Gasteiger partial charge in [-0.1, -0.05) is 24.3 Å². The van der Waals surface area contributed by atoms with Gasteiger partial charge >= 0.3 is 0 Å². The van der Waals surface area contributed by atoms with Gasteiger partial charge in [-0.05, 0) is 44.7 Å². The van der Waals surface area contributed by atoms with E-state index in [4.69, 9.17) is 9.47 Å². The average Bonchev–Trinajstić information content (AvgIpc) is 3.24. The molecule has 2 aliphatic heterocycles. The molecule has 2 fully saturated rings. The van der Waals surface area contributed by atoms with Gasteiger partial charge in [0.05, 0.1) is 18.8 Å². The third-order valence-corrected chi connectivity index (χ3v) is 5.25. The number of ether oxygens (including phenoxy) is 2. The minimum Gasteiger partial charge on any atom is -0.381 e. The Kier molecular flexibility index (Phi) is 7.94. The van der Waals surface area contributed by atoms with Crippen LogP contribution in [-0.4, -0.2) is 49.8 Å². The highest BCUT2D eigenvalue weighted by atomic mass is 127. The lowest BCUT2D eigenvalue weighted by Gasteiger charge is -2.25. The van der Waals surface area contributed by atoms with Crippen LogP contribution in [0.25, 0.3) is 0 Å². The number of likely N-dealkylation sites (tertiary alicyclic amines) is 1. The molecule has 152 valence electrons. The van der Waals surface area contributed by atoms with Gasteiger partial charge in [0, 0.05) is 38.7 Å². The van der Waals surface area contributed by atoms with Crippen LogP contribution in [0.3, 0.4) is 0 Å². The lowest BCUT2D eigenvalue weighted by molar-refractivity contribution is -0.0149. The molecule has 27 heavy (non-hydrogen) atoms. The van der Waals surface area contributed by atoms with Crippen LogP contribution in [0.5, 0.6) is 0 Å². The summed E-state index contributed by atoms with van der Waals surface area (Å²) >= 11 is 0. The number of hydrogen-bond donors (Lipinski definition) is 1. The van der Waals surface area contributed by atoms with Gasteiger partial charge in [-0.3, -0.25) is 4.99 Å². The first-order chi connectivity index (χ1) is 12.4. The van der Waals surface area contributed by atoms with Crippen LogP contribution in [0.4, 0.5) is 0 Å². The van der Waals surface area contributed by atoms with Crippen molar-refractivity contribution in [2.45, 2.75) is 52.4 Å². The number of nitrogens with one attached hydrogen (secondary N) is 1. The SMILES string of the molecule is CN=C(NCc1cccc(COC(C)(C)C)c1)N1CCC2(CCOC2)C1.I. The topological polar surface area (TPSA) is 46.1 Å². The standard InChI is InChI=1S/C21H33N3O2.HI/c1-20(2,3)26-14-18-7-5-6-17(12-18)13-23-19(22-4)24-10-8-21(15-24)9-11-25-16-21;/h5-7,12H,8-11,13-16H2,1-4H3,(H,22,23);1H. The molecular formula is C21H34IN3O2. The molecule has 1 aromatic rings. The van der Waals surface area contributed by atoms with E-state index in [0.29, 0.717) is 12.0 Å². The number of halogens is 1. The van der Waals surface area contributed by atoms with E-state index in [2.05, 4.69) is 60.2 Å². The van der Waals surface area contributed by atoms with E-state index in [9.17, 15) is 0 Å². The lowest BCUT2D eigenvalue weighted by atomic mass is 9.87. The molecule has 1 N–H and O–H groups in total. The summed E-state index contributed by atoms with van der Waals surface area (Å²) in [4.78, 5) is 6.87. The van der Waals surface area contributed by atoms with Gasteiger partial charge in [0.25, 0.3) is 0 Å². The minimum absolute atomic E-state index is 0. The molecule has 6 heteroatoms. The highest BCUT2D eigenvalue weighted by molar-refractivity contribution is 14.0. The molecule has 2 aliphatic rings. The van der Waals surface area contributed by atoms with Gasteiger partial charge in [0.15, 0.2) is 5.96 Å². The van der Waals surface area contributed by atoms with E-state index in [1.54, 1.807) is 0 Å². The number of aliphatic imine (C=N–C) groups is 1. The maximum Gasteiger partial charge on any atom is 0.193 e. The van der Waals surface area contributed by atoms with Gasteiger partial charge in [0.1, 0.15) is 0 Å². The Balaban J connectivity index is 0.00000261. The Bertz CT molecular complexity index is 637. The Morgan fingerprint density at radius 1 is 1.30 bits per heavy atom. The summed E-state index contributed by atoms with van der Waals surface area (Å²) in [5.74, 6) is 0.991. The highest BCUT2D eigenvalue weighted by Gasteiger charge is 2.42. The predicted octanol–water partition coefficient (Wildman–Crippen LogP) is 3.81. The predicted molar refractivity (Wildman–Crippen MR) is 121 cm³/mol. The van der Waals surface area contributed by atoms with Gasteiger partial charge in [-0.25, -0.2) is 0 Å². The van der Waals surface area contributed by atoms with Crippen LogP contribution < -0.4 is 5.32 Å². The third-order valence-electron chi connectivity index (χ3n) is 5.25. The first kappa shape index (κ1) is 22.4. The summed E-state index contributed by atoms with van der Waals surface area (Å²) in [7, 11) is 1.87. The maximum absolute atomic E-state index is 5.89. The Hall–Kier alpha value is -0.860. The molecular weight excluding hydrogens is 453 g/mol. The quantitative estimate of drug-likeness (QED) is 0.399. The minimum atomic E-state index is -0.119. The first-order valence-corrected chi connectivity index (χ1v) is 9.64. The molecule has 1 spiro atoms. The second-order valence-corrected chi connectivity index (χ2v) is 8.60. The zero-order chi connectivity index (χ0) is 18.6. The van der Waals surface area contributed by atoms with E-state index in [1.807, 2.05) is 7.05 Å². The second kappa shape index (κ2) is 9.56. The summed E-state index contributed by atoms with van der Waals surface area (Å²) in [5, 5.41) is 3.53. The molecule has 2 heterocycles. The van der Waals surface area contributed by atoms with Crippen LogP contribution in [-0.2, 0) is 22.6 Å². The number of benzene rings is 1. The van der Waals surface area contributed by atoms with Crippen LogP contribution in [0.2, 0.25) is 0 Å². The Morgan fingerprint density at radius 2 is 2.07 bits per heavy atom. The fourth-order valence-electron chi connectivity index (χ4n) is 3.73. The van der Waals surface area contributed by atoms with Gasteiger partial charge in [-0.15, -0.1) is 24.0 Å². The van der Waals surface area contributed by atoms with Crippen LogP contribution in [0, 0.1) is 5.41 Å². The van der Waals surface area contributed by atoms with Crippen LogP contribution in [0.1, 0.15) is 44.7 Å². The smallest absolute Gasteiger partial charge is 0.193 e. The van der Waals surface area contributed by atoms with Crippen molar-refractivity contribution < 1.29 is 9.47 Å². The molecule has 0 amide bonds. The van der Waals surface area contributed by atoms with E-state index in [0.717, 1.165) is 38.8 Å². The van der Waals surface area contributed by atoms with Crippen molar-refractivity contribution >= 4 is 29.9 Å². The fraction of sp³-hybridized carbons (Fsp3) is 0.667. The average molecular weight is 487 g/mol. The van der Waals surface area contributed by atoms with Crippen molar-refractivity contribution in [2.75, 3.05) is 33.4 Å². The molecule has 0 aromatic heterocycles. The molecule has 1 atom stereocenters. The van der Waals surface area contributed by atoms with Crippen molar-refractivity contribution in [3.8, 4) is 0 Å². The van der Waals surface area contributed by atoms with Crippen molar-refractivity contribution in [3.63, 3.8) is 0 Å². The second-order valence-electron chi connectivity index (χ2n) is 8.60. The zero-order valence-corrected chi connectivity index (χ0v) is 19.4. The van der Waals surface area contributed by atoms with Crippen LogP contribution in [0.15, 0.2) is 29.3 Å². The summed E-state index contributed by atoms with van der Waals surface area (Å²) in [6.45, 7) is 11.6. The molecule has 2 saturated heterocycles. The highest BCUT2D eigenvalue weighted by Crippen LogP contribution is 2.38. The van der Waals surface area contributed by atoms with Gasteiger partial charge in [-0.2, -0.15) is 0 Å². The lowest BCUT2D eigenvalue weighted by Crippen LogP contribution is -2.41. The Labute approximate surface area is 180 Å². The fourth-order valence-corrected chi connectivity index (χ4v) is 3.73. The van der Waals surface area contributed by atoms with Crippen molar-refractivity contribution in [1.29, 1.82) is 0 Å². The largest absolute Gasteiger partial charge is 0.381 e. The zero-order valence-electron chi connectivity index (χ0n) is 17.1. The molecule has 0 bridgehead atoms. The van der Waals surface area contributed by atoms with E-state index >= 15 is 0 Å². The van der Waals surface area contributed by atoms with E-state index in [-0.39, 0.29) is 29.6 Å². The number of nitrogens with zero attached hydrogens (tertiary/aromatic N) is 2. The number of rotatable bonds is 4. The van der Waals surface area contributed by atoms with E-state index < -0.39 is 0 Å². The molecule has 0 saturated carbocycles. The van der Waals surface area contributed by atoms with Crippen molar-refractivity contribution in [1.82, 2.24) is 10.2 Å². The monoisotopic (exact) mass is 487 g/mol. The maximum atomic E-state index is 5.89. The van der Waals surface area contributed by atoms with Gasteiger partial charge in [0.2, 0.25) is 0 Å². The molecule has 1 unspecified atom stereocenters. The molecule has 0 aliphatic carbocycles. The molecule has 5 nitrogen and oxygen atoms in total. The normalized spacial score (nSPS) is 23.0. The summed E-state index contributed by atoms with van der Waals surface area (Å²) in [6, 6.07) is 8.58. The first-order valence-electron chi connectivity index (χ1n) is 9.64. The van der Waals surface area contributed by atoms with Crippen LogP contribution >= 0.6 is 24.0 Å². The van der Waals surface area contributed by atoms with E-state index in [1.165, 1.54) is 24.0 Å². The molecule has 1 aromatic carbocycles.